The molecule has 0 fully saturated rings. The average molecular weight is 388 g/mol. The molecule has 0 aliphatic heterocycles. The molecule has 134 valence electrons. The van der Waals surface area contributed by atoms with E-state index in [1.54, 1.807) is 25.1 Å². The maximum absolute atomic E-state index is 12.5. The molecule has 5 nitrogen and oxygen atoms in total. The molecule has 0 saturated heterocycles. The number of aromatic nitrogens is 2. The molecule has 26 heavy (non-hydrogen) atoms. The van der Waals surface area contributed by atoms with Crippen LogP contribution < -0.4 is 5.32 Å². The van der Waals surface area contributed by atoms with E-state index < -0.39 is 6.10 Å². The van der Waals surface area contributed by atoms with Gasteiger partial charge in [-0.15, -0.1) is 11.3 Å². The highest BCUT2D eigenvalue weighted by Crippen LogP contribution is 2.29. The number of hydrogen-bond donors (Lipinski definition) is 2. The number of halogens is 1. The Kier molecular flexibility index (Phi) is 5.66. The van der Waals surface area contributed by atoms with Crippen LogP contribution in [0.1, 0.15) is 23.0 Å². The Morgan fingerprint density at radius 3 is 2.62 bits per heavy atom. The number of nitrogens with one attached hydrogen (secondary N) is 1. The van der Waals surface area contributed by atoms with Gasteiger partial charge in [-0.25, -0.2) is 9.97 Å². The number of aryl methyl sites for hydroxylation is 1. The number of carbonyl (C=O) groups is 1. The molecule has 2 aromatic heterocycles. The van der Waals surface area contributed by atoms with E-state index in [1.165, 1.54) is 11.3 Å². The smallest absolute Gasteiger partial charge is 0.270 e. The quantitative estimate of drug-likeness (QED) is 0.695. The van der Waals surface area contributed by atoms with Crippen LogP contribution in [0.25, 0.3) is 22.0 Å². The molecule has 2 heterocycles. The Labute approximate surface area is 160 Å². The number of carbonyl (C=O) groups excluding carboxylic acids is 1. The summed E-state index contributed by atoms with van der Waals surface area (Å²) in [5, 5.41) is 14.7. The van der Waals surface area contributed by atoms with Gasteiger partial charge in [0.15, 0.2) is 5.82 Å². The van der Waals surface area contributed by atoms with Gasteiger partial charge in [0.2, 0.25) is 0 Å². The minimum Gasteiger partial charge on any atom is -0.392 e. The van der Waals surface area contributed by atoms with Crippen LogP contribution in [0.2, 0.25) is 5.02 Å². The van der Waals surface area contributed by atoms with Crippen LogP contribution in [0.3, 0.4) is 0 Å². The summed E-state index contributed by atoms with van der Waals surface area (Å²) in [6.07, 6.45) is -0.629. The first-order valence-electron chi connectivity index (χ1n) is 8.10. The van der Waals surface area contributed by atoms with Crippen molar-refractivity contribution in [3.05, 3.63) is 58.1 Å². The zero-order chi connectivity index (χ0) is 18.7. The number of rotatable bonds is 5. The molecule has 0 saturated carbocycles. The van der Waals surface area contributed by atoms with Crippen molar-refractivity contribution in [3.8, 4) is 22.0 Å². The second kappa shape index (κ2) is 7.95. The molecule has 2 N–H and O–H groups in total. The molecular formula is C19H18ClN3O2S. The van der Waals surface area contributed by atoms with E-state index in [0.717, 1.165) is 16.0 Å². The summed E-state index contributed by atoms with van der Waals surface area (Å²) >= 11 is 7.50. The Hall–Kier alpha value is -2.28. The molecular weight excluding hydrogens is 370 g/mol. The Morgan fingerprint density at radius 1 is 1.27 bits per heavy atom. The molecule has 0 aliphatic carbocycles. The van der Waals surface area contributed by atoms with Crippen LogP contribution in [0.4, 0.5) is 0 Å². The molecule has 0 bridgehead atoms. The lowest BCUT2D eigenvalue weighted by atomic mass is 10.1. The lowest BCUT2D eigenvalue weighted by Crippen LogP contribution is -2.31. The van der Waals surface area contributed by atoms with Gasteiger partial charge in [0.25, 0.3) is 5.91 Å². The number of nitrogens with zero attached hydrogens (tertiary/aromatic N) is 2. The number of aliphatic hydroxyl groups is 1. The zero-order valence-corrected chi connectivity index (χ0v) is 15.9. The van der Waals surface area contributed by atoms with Crippen molar-refractivity contribution in [2.75, 3.05) is 6.54 Å². The number of amides is 1. The Morgan fingerprint density at radius 2 is 2.00 bits per heavy atom. The largest absolute Gasteiger partial charge is 0.392 e. The summed E-state index contributed by atoms with van der Waals surface area (Å²) < 4.78 is 0. The second-order valence-corrected chi connectivity index (χ2v) is 7.31. The van der Waals surface area contributed by atoms with Crippen LogP contribution in [0.15, 0.2) is 41.8 Å². The van der Waals surface area contributed by atoms with Crippen LogP contribution in [-0.2, 0) is 0 Å². The normalized spacial score (nSPS) is 12.0. The maximum atomic E-state index is 12.5. The Bertz CT molecular complexity index is 923. The monoisotopic (exact) mass is 387 g/mol. The van der Waals surface area contributed by atoms with Gasteiger partial charge in [-0.1, -0.05) is 23.7 Å². The summed E-state index contributed by atoms with van der Waals surface area (Å²) in [7, 11) is 0. The summed E-state index contributed by atoms with van der Waals surface area (Å²) in [5.74, 6) is 0.158. The van der Waals surface area contributed by atoms with E-state index in [0.29, 0.717) is 16.5 Å². The fourth-order valence-corrected chi connectivity index (χ4v) is 3.35. The van der Waals surface area contributed by atoms with E-state index in [2.05, 4.69) is 15.3 Å². The average Bonchev–Trinajstić information content (AvgIpc) is 3.06. The molecule has 1 unspecified atom stereocenters. The molecule has 0 radical (unpaired) electrons. The van der Waals surface area contributed by atoms with E-state index in [1.807, 2.05) is 30.5 Å². The summed E-state index contributed by atoms with van der Waals surface area (Å²) in [4.78, 5) is 22.5. The van der Waals surface area contributed by atoms with Crippen LogP contribution >= 0.6 is 22.9 Å². The summed E-state index contributed by atoms with van der Waals surface area (Å²) in [6, 6.07) is 10.9. The molecule has 1 atom stereocenters. The van der Waals surface area contributed by atoms with E-state index >= 15 is 0 Å². The third kappa shape index (κ3) is 4.27. The summed E-state index contributed by atoms with van der Waals surface area (Å²) in [5.41, 5.74) is 2.80. The van der Waals surface area contributed by atoms with Gasteiger partial charge < -0.3 is 10.4 Å². The highest BCUT2D eigenvalue weighted by atomic mass is 35.5. The zero-order valence-electron chi connectivity index (χ0n) is 14.4. The molecule has 3 rings (SSSR count). The minimum absolute atomic E-state index is 0.159. The van der Waals surface area contributed by atoms with Crippen molar-refractivity contribution in [1.29, 1.82) is 0 Å². The van der Waals surface area contributed by atoms with E-state index in [-0.39, 0.29) is 18.1 Å². The topological polar surface area (TPSA) is 75.1 Å². The SMILES string of the molecule is Cc1ccsc1-c1nc(C(=O)NCC(C)O)cc(-c2ccc(Cl)cc2)n1. The highest BCUT2D eigenvalue weighted by Gasteiger charge is 2.16. The highest BCUT2D eigenvalue weighted by molar-refractivity contribution is 7.13. The third-order valence-corrected chi connectivity index (χ3v) is 4.99. The predicted octanol–water partition coefficient (Wildman–Crippen LogP) is 3.94. The van der Waals surface area contributed by atoms with Crippen molar-refractivity contribution < 1.29 is 9.90 Å². The predicted molar refractivity (Wildman–Crippen MR) is 105 cm³/mol. The number of thiophene rings is 1. The molecule has 1 aromatic carbocycles. The van der Waals surface area contributed by atoms with Crippen molar-refractivity contribution in [1.82, 2.24) is 15.3 Å². The lowest BCUT2D eigenvalue weighted by molar-refractivity contribution is 0.0919. The van der Waals surface area contributed by atoms with Gasteiger partial charge in [0.05, 0.1) is 16.7 Å². The lowest BCUT2D eigenvalue weighted by Gasteiger charge is -2.10. The molecule has 1 amide bonds. The standard InChI is InChI=1S/C19H18ClN3O2S/c1-11-7-8-26-17(11)18-22-15(13-3-5-14(20)6-4-13)9-16(23-18)19(25)21-10-12(2)24/h3-9,12,24H,10H2,1-2H3,(H,21,25). The summed E-state index contributed by atoms with van der Waals surface area (Å²) in [6.45, 7) is 3.75. The molecule has 0 spiro atoms. The van der Waals surface area contributed by atoms with Gasteiger partial charge in [0.1, 0.15) is 5.69 Å². The second-order valence-electron chi connectivity index (χ2n) is 5.96. The first-order valence-corrected chi connectivity index (χ1v) is 9.35. The van der Waals surface area contributed by atoms with Crippen molar-refractivity contribution in [2.45, 2.75) is 20.0 Å². The van der Waals surface area contributed by atoms with Crippen molar-refractivity contribution >= 4 is 28.8 Å². The van der Waals surface area contributed by atoms with Crippen LogP contribution in [-0.4, -0.2) is 33.6 Å². The van der Waals surface area contributed by atoms with E-state index in [4.69, 9.17) is 11.6 Å². The minimum atomic E-state index is -0.629. The first-order chi connectivity index (χ1) is 12.4. The Balaban J connectivity index is 2.06. The van der Waals surface area contributed by atoms with Gasteiger partial charge in [0, 0.05) is 17.1 Å². The molecule has 3 aromatic rings. The fourth-order valence-electron chi connectivity index (χ4n) is 2.37. The van der Waals surface area contributed by atoms with Crippen LogP contribution in [0, 0.1) is 6.92 Å². The fraction of sp³-hybridized carbons (Fsp3) is 0.211. The van der Waals surface area contributed by atoms with Gasteiger partial charge in [-0.2, -0.15) is 0 Å². The number of hydrogen-bond acceptors (Lipinski definition) is 5. The molecule has 0 aliphatic rings. The third-order valence-electron chi connectivity index (χ3n) is 3.72. The number of aliphatic hydroxyl groups excluding tert-OH is 1. The van der Waals surface area contributed by atoms with Crippen molar-refractivity contribution in [2.24, 2.45) is 0 Å². The first kappa shape index (κ1) is 18.5. The number of benzene rings is 1. The molecule has 7 heteroatoms. The van der Waals surface area contributed by atoms with Crippen molar-refractivity contribution in [3.63, 3.8) is 0 Å². The maximum Gasteiger partial charge on any atom is 0.270 e. The van der Waals surface area contributed by atoms with Gasteiger partial charge in [-0.3, -0.25) is 4.79 Å². The van der Waals surface area contributed by atoms with Gasteiger partial charge >= 0.3 is 0 Å². The van der Waals surface area contributed by atoms with Gasteiger partial charge in [-0.05, 0) is 49.1 Å². The van der Waals surface area contributed by atoms with E-state index in [9.17, 15) is 9.90 Å². The van der Waals surface area contributed by atoms with Crippen LogP contribution in [0.5, 0.6) is 0 Å².